The predicted octanol–water partition coefficient (Wildman–Crippen LogP) is 4.23. The number of aryl methyl sites for hydroxylation is 1. The van der Waals surface area contributed by atoms with E-state index in [0.717, 1.165) is 11.4 Å². The fourth-order valence-corrected chi connectivity index (χ4v) is 3.20. The highest BCUT2D eigenvalue weighted by Gasteiger charge is 2.19. The van der Waals surface area contributed by atoms with Crippen molar-refractivity contribution in [1.82, 2.24) is 9.78 Å². The number of benzene rings is 1. The van der Waals surface area contributed by atoms with Crippen molar-refractivity contribution in [3.8, 4) is 5.75 Å². The van der Waals surface area contributed by atoms with E-state index in [2.05, 4.69) is 10.4 Å². The Hall–Kier alpha value is -3.09. The summed E-state index contributed by atoms with van der Waals surface area (Å²) in [6, 6.07) is 6.49. The van der Waals surface area contributed by atoms with E-state index >= 15 is 0 Å². The molecule has 0 spiro atoms. The summed E-state index contributed by atoms with van der Waals surface area (Å²) in [4.78, 5) is 25.0. The number of fused-ring (bicyclic) bond motifs is 1. The quantitative estimate of drug-likeness (QED) is 0.667. The van der Waals surface area contributed by atoms with Crippen LogP contribution in [-0.4, -0.2) is 21.8 Å². The lowest BCUT2D eigenvalue weighted by atomic mass is 10.1. The highest BCUT2D eigenvalue weighted by molar-refractivity contribution is 6.12. The van der Waals surface area contributed by atoms with Crippen LogP contribution in [0.5, 0.6) is 5.75 Å². The summed E-state index contributed by atoms with van der Waals surface area (Å²) in [5.74, 6) is 0.193. The molecule has 3 rings (SSSR count). The molecule has 1 amide bonds. The molecule has 0 unspecified atom stereocenters. The van der Waals surface area contributed by atoms with E-state index in [1.165, 1.54) is 6.07 Å². The van der Waals surface area contributed by atoms with Gasteiger partial charge in [-0.3, -0.25) is 9.48 Å². The molecule has 0 saturated heterocycles. The molecule has 2 heterocycles. The molecule has 0 bridgehead atoms. The van der Waals surface area contributed by atoms with Gasteiger partial charge in [0.25, 0.3) is 5.91 Å². The number of aromatic nitrogens is 2. The molecular formula is C21H25N3O4. The topological polar surface area (TPSA) is 86.4 Å². The van der Waals surface area contributed by atoms with Gasteiger partial charge < -0.3 is 14.5 Å². The number of rotatable bonds is 5. The van der Waals surface area contributed by atoms with Gasteiger partial charge in [-0.25, -0.2) is 4.79 Å². The highest BCUT2D eigenvalue weighted by atomic mass is 16.5. The molecule has 2 aromatic heterocycles. The van der Waals surface area contributed by atoms with E-state index in [4.69, 9.17) is 9.15 Å². The molecule has 148 valence electrons. The van der Waals surface area contributed by atoms with Crippen LogP contribution in [0.15, 0.2) is 33.5 Å². The zero-order valence-corrected chi connectivity index (χ0v) is 17.0. The molecule has 7 heteroatoms. The molecule has 1 aromatic carbocycles. The number of carbonyl (C=O) groups is 1. The minimum Gasteiger partial charge on any atom is -0.491 e. The Balaban J connectivity index is 2.01. The van der Waals surface area contributed by atoms with Crippen molar-refractivity contribution in [3.05, 3.63) is 51.6 Å². The number of carbonyl (C=O) groups excluding carboxylic acids is 1. The van der Waals surface area contributed by atoms with Crippen LogP contribution in [0.4, 0.5) is 5.69 Å². The summed E-state index contributed by atoms with van der Waals surface area (Å²) in [5.41, 5.74) is 2.20. The third-order valence-electron chi connectivity index (χ3n) is 4.39. The van der Waals surface area contributed by atoms with Crippen molar-refractivity contribution in [1.29, 1.82) is 0 Å². The third-order valence-corrected chi connectivity index (χ3v) is 4.39. The largest absolute Gasteiger partial charge is 0.491 e. The maximum Gasteiger partial charge on any atom is 0.337 e. The normalized spacial score (nSPS) is 11.4. The summed E-state index contributed by atoms with van der Waals surface area (Å²) < 4.78 is 12.8. The van der Waals surface area contributed by atoms with Crippen LogP contribution < -0.4 is 15.7 Å². The number of hydrogen-bond donors (Lipinski definition) is 1. The van der Waals surface area contributed by atoms with Gasteiger partial charge in [0.2, 0.25) is 0 Å². The number of ether oxygens (including phenoxy) is 1. The number of nitrogens with zero attached hydrogens (tertiary/aromatic N) is 2. The number of hydrogen-bond acceptors (Lipinski definition) is 5. The Morgan fingerprint density at radius 1 is 1.18 bits per heavy atom. The third kappa shape index (κ3) is 3.78. The van der Waals surface area contributed by atoms with Crippen LogP contribution in [-0.2, 0) is 0 Å². The van der Waals surface area contributed by atoms with Crippen molar-refractivity contribution < 1.29 is 13.9 Å². The summed E-state index contributed by atoms with van der Waals surface area (Å²) in [5, 5.41) is 7.92. The maximum absolute atomic E-state index is 13.0. The van der Waals surface area contributed by atoms with Crippen molar-refractivity contribution in [2.24, 2.45) is 0 Å². The smallest absolute Gasteiger partial charge is 0.337 e. The van der Waals surface area contributed by atoms with E-state index in [-0.39, 0.29) is 23.6 Å². The lowest BCUT2D eigenvalue weighted by Crippen LogP contribution is -2.16. The lowest BCUT2D eigenvalue weighted by Gasteiger charge is -2.12. The zero-order chi connectivity index (χ0) is 20.6. The van der Waals surface area contributed by atoms with Gasteiger partial charge in [-0.05, 0) is 53.7 Å². The maximum atomic E-state index is 13.0. The highest BCUT2D eigenvalue weighted by Crippen LogP contribution is 2.26. The average Bonchev–Trinajstić information content (AvgIpc) is 2.88. The molecule has 0 saturated carbocycles. The van der Waals surface area contributed by atoms with Crippen LogP contribution in [0.25, 0.3) is 11.0 Å². The van der Waals surface area contributed by atoms with Gasteiger partial charge in [0, 0.05) is 23.6 Å². The molecule has 28 heavy (non-hydrogen) atoms. The first kappa shape index (κ1) is 19.7. The molecule has 0 atom stereocenters. The Labute approximate surface area is 163 Å². The van der Waals surface area contributed by atoms with Gasteiger partial charge >= 0.3 is 5.63 Å². The van der Waals surface area contributed by atoms with Crippen LogP contribution in [0.2, 0.25) is 0 Å². The van der Waals surface area contributed by atoms with Crippen molar-refractivity contribution in [2.75, 3.05) is 5.32 Å². The second kappa shape index (κ2) is 7.50. The Morgan fingerprint density at radius 3 is 2.50 bits per heavy atom. The summed E-state index contributed by atoms with van der Waals surface area (Å²) in [6.45, 7) is 11.6. The molecule has 1 N–H and O–H groups in total. The fourth-order valence-electron chi connectivity index (χ4n) is 3.20. The van der Waals surface area contributed by atoms with Gasteiger partial charge in [-0.1, -0.05) is 0 Å². The first-order valence-corrected chi connectivity index (χ1v) is 9.29. The van der Waals surface area contributed by atoms with Gasteiger partial charge in [0.05, 0.1) is 28.7 Å². The van der Waals surface area contributed by atoms with Crippen molar-refractivity contribution in [3.63, 3.8) is 0 Å². The fraction of sp³-hybridized carbons (Fsp3) is 0.381. The molecule has 0 aliphatic carbocycles. The predicted molar refractivity (Wildman–Crippen MR) is 108 cm³/mol. The summed E-state index contributed by atoms with van der Waals surface area (Å²) >= 11 is 0. The molecule has 3 aromatic rings. The van der Waals surface area contributed by atoms with Gasteiger partial charge in [0.15, 0.2) is 0 Å². The second-order valence-electron chi connectivity index (χ2n) is 7.34. The molecular weight excluding hydrogens is 358 g/mol. The van der Waals surface area contributed by atoms with Crippen molar-refractivity contribution in [2.45, 2.75) is 53.7 Å². The first-order chi connectivity index (χ1) is 13.2. The molecule has 0 radical (unpaired) electrons. The summed E-state index contributed by atoms with van der Waals surface area (Å²) in [6.07, 6.45) is -0.0147. The van der Waals surface area contributed by atoms with Gasteiger partial charge in [-0.2, -0.15) is 5.10 Å². The van der Waals surface area contributed by atoms with E-state index < -0.39 is 5.63 Å². The summed E-state index contributed by atoms with van der Waals surface area (Å²) in [7, 11) is 0. The minimum atomic E-state index is -0.592. The monoisotopic (exact) mass is 383 g/mol. The number of amides is 1. The molecule has 0 aliphatic heterocycles. The molecule has 7 nitrogen and oxygen atoms in total. The Morgan fingerprint density at radius 2 is 1.89 bits per heavy atom. The van der Waals surface area contributed by atoms with Crippen LogP contribution in [0.1, 0.15) is 55.5 Å². The van der Waals surface area contributed by atoms with Gasteiger partial charge in [0.1, 0.15) is 11.3 Å². The number of nitrogens with one attached hydrogen (secondary N) is 1. The second-order valence-corrected chi connectivity index (χ2v) is 7.34. The molecule has 0 aliphatic rings. The first-order valence-electron chi connectivity index (χ1n) is 9.29. The van der Waals surface area contributed by atoms with E-state index in [1.807, 2.05) is 46.2 Å². The van der Waals surface area contributed by atoms with E-state index in [0.29, 0.717) is 22.4 Å². The van der Waals surface area contributed by atoms with E-state index in [1.54, 1.807) is 18.2 Å². The van der Waals surface area contributed by atoms with E-state index in [9.17, 15) is 9.59 Å². The van der Waals surface area contributed by atoms with Crippen LogP contribution >= 0.6 is 0 Å². The Bertz CT molecular complexity index is 1090. The Kier molecular flexibility index (Phi) is 5.27. The lowest BCUT2D eigenvalue weighted by molar-refractivity contribution is 0.102. The SMILES string of the molecule is Cc1nn(C(C)C)c(C)c1NC(=O)c1cc(=O)oc2cc(OC(C)C)ccc12. The zero-order valence-electron chi connectivity index (χ0n) is 17.0. The number of anilines is 1. The molecule has 0 fully saturated rings. The standard InChI is InChI=1S/C21H25N3O4/c1-11(2)24-14(6)20(13(5)23-24)22-21(26)17-10-19(25)28-18-9-15(27-12(3)4)7-8-16(17)18/h7-12H,1-6H3,(H,22,26). The minimum absolute atomic E-state index is 0.0147. The van der Waals surface area contributed by atoms with Crippen molar-refractivity contribution >= 4 is 22.6 Å². The van der Waals surface area contributed by atoms with Crippen LogP contribution in [0.3, 0.4) is 0 Å². The van der Waals surface area contributed by atoms with Crippen LogP contribution in [0, 0.1) is 13.8 Å². The van der Waals surface area contributed by atoms with Gasteiger partial charge in [-0.15, -0.1) is 0 Å². The average molecular weight is 383 g/mol.